The predicted octanol–water partition coefficient (Wildman–Crippen LogP) is 3.26. The first-order valence-corrected chi connectivity index (χ1v) is 6.14. The maximum absolute atomic E-state index is 10.8. The number of carboxylic acid groups (broad SMARTS) is 1. The molecular formula is C13H10Cl2N2O2. The van der Waals surface area contributed by atoms with Crippen LogP contribution >= 0.6 is 23.2 Å². The van der Waals surface area contributed by atoms with E-state index in [4.69, 9.17) is 34.0 Å². The maximum atomic E-state index is 10.8. The van der Waals surface area contributed by atoms with Crippen molar-refractivity contribution in [2.75, 3.05) is 5.73 Å². The highest BCUT2D eigenvalue weighted by Gasteiger charge is 2.11. The number of aromatic nitrogens is 1. The van der Waals surface area contributed by atoms with Crippen molar-refractivity contribution in [2.45, 2.75) is 6.42 Å². The standard InChI is InChI=1S/C13H10Cl2N2O2/c14-8-1-2-10(15)9(5-8)12-3-7(4-13(18)19)11(16)6-17-12/h1-3,5-6H,4,16H2,(H,18,19). The van der Waals surface area contributed by atoms with Crippen LogP contribution in [0.15, 0.2) is 30.5 Å². The summed E-state index contributed by atoms with van der Waals surface area (Å²) in [6.07, 6.45) is 1.25. The first-order chi connectivity index (χ1) is 8.97. The molecule has 0 aliphatic heterocycles. The second-order valence-electron chi connectivity index (χ2n) is 3.96. The summed E-state index contributed by atoms with van der Waals surface area (Å²) in [5.74, 6) is -0.957. The Morgan fingerprint density at radius 2 is 2.05 bits per heavy atom. The van der Waals surface area contributed by atoms with Gasteiger partial charge in [0.25, 0.3) is 0 Å². The Bertz CT molecular complexity index is 645. The van der Waals surface area contributed by atoms with E-state index in [0.29, 0.717) is 32.6 Å². The van der Waals surface area contributed by atoms with E-state index < -0.39 is 5.97 Å². The van der Waals surface area contributed by atoms with Gasteiger partial charge in [-0.2, -0.15) is 0 Å². The van der Waals surface area contributed by atoms with Crippen LogP contribution in [0.5, 0.6) is 0 Å². The monoisotopic (exact) mass is 296 g/mol. The number of benzene rings is 1. The van der Waals surface area contributed by atoms with Crippen LogP contribution in [-0.4, -0.2) is 16.1 Å². The number of hydrogen-bond donors (Lipinski definition) is 2. The lowest BCUT2D eigenvalue weighted by atomic mass is 10.1. The van der Waals surface area contributed by atoms with E-state index in [0.717, 1.165) is 0 Å². The van der Waals surface area contributed by atoms with Gasteiger partial charge in [0.05, 0.1) is 29.0 Å². The molecule has 3 N–H and O–H groups in total. The van der Waals surface area contributed by atoms with Crippen LogP contribution in [0.3, 0.4) is 0 Å². The number of aliphatic carboxylic acids is 1. The molecule has 0 aliphatic rings. The molecule has 19 heavy (non-hydrogen) atoms. The van der Waals surface area contributed by atoms with Crippen LogP contribution in [0.1, 0.15) is 5.56 Å². The van der Waals surface area contributed by atoms with Crippen molar-refractivity contribution < 1.29 is 9.90 Å². The summed E-state index contributed by atoms with van der Waals surface area (Å²) < 4.78 is 0. The molecule has 0 unspecified atom stereocenters. The van der Waals surface area contributed by atoms with E-state index in [-0.39, 0.29) is 6.42 Å². The van der Waals surface area contributed by atoms with Gasteiger partial charge in [0.15, 0.2) is 0 Å². The quantitative estimate of drug-likeness (QED) is 0.911. The third-order valence-electron chi connectivity index (χ3n) is 2.57. The summed E-state index contributed by atoms with van der Waals surface area (Å²) in [5.41, 5.74) is 7.71. The average Bonchev–Trinajstić information content (AvgIpc) is 2.34. The average molecular weight is 297 g/mol. The summed E-state index contributed by atoms with van der Waals surface area (Å²) in [7, 11) is 0. The minimum atomic E-state index is -0.957. The molecule has 0 spiro atoms. The summed E-state index contributed by atoms with van der Waals surface area (Å²) in [6, 6.07) is 6.62. The van der Waals surface area contributed by atoms with E-state index in [9.17, 15) is 4.79 Å². The predicted molar refractivity (Wildman–Crippen MR) is 75.4 cm³/mol. The van der Waals surface area contributed by atoms with E-state index in [2.05, 4.69) is 4.98 Å². The Morgan fingerprint density at radius 3 is 2.74 bits per heavy atom. The lowest BCUT2D eigenvalue weighted by Gasteiger charge is -2.08. The van der Waals surface area contributed by atoms with E-state index in [1.54, 1.807) is 24.3 Å². The molecule has 0 bridgehead atoms. The fourth-order valence-corrected chi connectivity index (χ4v) is 2.05. The maximum Gasteiger partial charge on any atom is 0.307 e. The number of nitrogen functional groups attached to an aromatic ring is 1. The van der Waals surface area contributed by atoms with Gasteiger partial charge in [0.2, 0.25) is 0 Å². The number of anilines is 1. The topological polar surface area (TPSA) is 76.2 Å². The minimum Gasteiger partial charge on any atom is -0.481 e. The fourth-order valence-electron chi connectivity index (χ4n) is 1.66. The molecule has 0 amide bonds. The smallest absolute Gasteiger partial charge is 0.307 e. The van der Waals surface area contributed by atoms with Crippen LogP contribution in [-0.2, 0) is 11.2 Å². The summed E-state index contributed by atoms with van der Waals surface area (Å²) in [4.78, 5) is 14.9. The molecule has 6 heteroatoms. The summed E-state index contributed by atoms with van der Waals surface area (Å²) >= 11 is 12.0. The Hall–Kier alpha value is -1.78. The van der Waals surface area contributed by atoms with Gasteiger partial charge in [-0.15, -0.1) is 0 Å². The second kappa shape index (κ2) is 5.47. The van der Waals surface area contributed by atoms with Crippen molar-refractivity contribution in [3.05, 3.63) is 46.1 Å². The van der Waals surface area contributed by atoms with Crippen molar-refractivity contribution in [1.82, 2.24) is 4.98 Å². The summed E-state index contributed by atoms with van der Waals surface area (Å²) in [5, 5.41) is 9.84. The SMILES string of the molecule is Nc1cnc(-c2cc(Cl)ccc2Cl)cc1CC(=O)O. The number of nitrogens with zero attached hydrogens (tertiary/aromatic N) is 1. The molecule has 0 saturated carbocycles. The number of carbonyl (C=O) groups is 1. The molecule has 0 saturated heterocycles. The zero-order chi connectivity index (χ0) is 14.0. The van der Waals surface area contributed by atoms with E-state index in [1.807, 2.05) is 0 Å². The van der Waals surface area contributed by atoms with Crippen molar-refractivity contribution in [2.24, 2.45) is 0 Å². The van der Waals surface area contributed by atoms with E-state index >= 15 is 0 Å². The highest BCUT2D eigenvalue weighted by atomic mass is 35.5. The number of halogens is 2. The second-order valence-corrected chi connectivity index (χ2v) is 4.81. The Morgan fingerprint density at radius 1 is 1.32 bits per heavy atom. The molecule has 0 aliphatic carbocycles. The van der Waals surface area contributed by atoms with Gasteiger partial charge in [0, 0.05) is 10.6 Å². The first-order valence-electron chi connectivity index (χ1n) is 5.39. The van der Waals surface area contributed by atoms with Crippen LogP contribution < -0.4 is 5.73 Å². The number of rotatable bonds is 3. The van der Waals surface area contributed by atoms with Crippen LogP contribution in [0, 0.1) is 0 Å². The molecule has 0 fully saturated rings. The van der Waals surface area contributed by atoms with Crippen LogP contribution in [0.2, 0.25) is 10.0 Å². The zero-order valence-corrected chi connectivity index (χ0v) is 11.2. The lowest BCUT2D eigenvalue weighted by molar-refractivity contribution is -0.136. The molecule has 4 nitrogen and oxygen atoms in total. The molecule has 1 heterocycles. The number of nitrogens with two attached hydrogens (primary N) is 1. The van der Waals surface area contributed by atoms with Crippen molar-refractivity contribution >= 4 is 34.9 Å². The Labute approximate surface area is 119 Å². The highest BCUT2D eigenvalue weighted by molar-refractivity contribution is 6.35. The van der Waals surface area contributed by atoms with Gasteiger partial charge in [-0.25, -0.2) is 0 Å². The Kier molecular flexibility index (Phi) is 3.93. The van der Waals surface area contributed by atoms with Crippen LogP contribution in [0.25, 0.3) is 11.3 Å². The van der Waals surface area contributed by atoms with Gasteiger partial charge in [-0.1, -0.05) is 23.2 Å². The van der Waals surface area contributed by atoms with Crippen molar-refractivity contribution in [3.63, 3.8) is 0 Å². The van der Waals surface area contributed by atoms with Gasteiger partial charge in [-0.05, 0) is 29.8 Å². The van der Waals surface area contributed by atoms with Gasteiger partial charge >= 0.3 is 5.97 Å². The molecule has 2 aromatic rings. The molecular weight excluding hydrogens is 287 g/mol. The minimum absolute atomic E-state index is 0.167. The molecule has 0 radical (unpaired) electrons. The Balaban J connectivity index is 2.51. The van der Waals surface area contributed by atoms with Crippen LogP contribution in [0.4, 0.5) is 5.69 Å². The van der Waals surface area contributed by atoms with Gasteiger partial charge < -0.3 is 10.8 Å². The zero-order valence-electron chi connectivity index (χ0n) is 9.73. The molecule has 1 aromatic heterocycles. The van der Waals surface area contributed by atoms with Gasteiger partial charge in [-0.3, -0.25) is 9.78 Å². The molecule has 2 rings (SSSR count). The fraction of sp³-hybridized carbons (Fsp3) is 0.0769. The normalized spacial score (nSPS) is 10.4. The molecule has 98 valence electrons. The highest BCUT2D eigenvalue weighted by Crippen LogP contribution is 2.30. The molecule has 0 atom stereocenters. The van der Waals surface area contributed by atoms with Crippen molar-refractivity contribution in [1.29, 1.82) is 0 Å². The summed E-state index contributed by atoms with van der Waals surface area (Å²) in [6.45, 7) is 0. The van der Waals surface area contributed by atoms with E-state index in [1.165, 1.54) is 6.20 Å². The lowest BCUT2D eigenvalue weighted by Crippen LogP contribution is -2.04. The number of carboxylic acids is 1. The molecule has 1 aromatic carbocycles. The first kappa shape index (κ1) is 13.6. The third-order valence-corrected chi connectivity index (χ3v) is 3.14. The third kappa shape index (κ3) is 3.16. The number of hydrogen-bond acceptors (Lipinski definition) is 3. The largest absolute Gasteiger partial charge is 0.481 e. The number of pyridine rings is 1. The van der Waals surface area contributed by atoms with Gasteiger partial charge in [0.1, 0.15) is 0 Å². The van der Waals surface area contributed by atoms with Crippen molar-refractivity contribution in [3.8, 4) is 11.3 Å².